The van der Waals surface area contributed by atoms with Crippen molar-refractivity contribution in [2.75, 3.05) is 32.1 Å². The Kier molecular flexibility index (Phi) is 4.63. The van der Waals surface area contributed by atoms with Crippen molar-refractivity contribution in [3.05, 3.63) is 41.7 Å². The van der Waals surface area contributed by atoms with Crippen molar-refractivity contribution in [1.29, 1.82) is 0 Å². The molecular formula is C19H25N5O2. The van der Waals surface area contributed by atoms with Gasteiger partial charge in [0.2, 0.25) is 5.91 Å². The number of piperidine rings is 1. The van der Waals surface area contributed by atoms with Crippen LogP contribution in [0.3, 0.4) is 0 Å². The first kappa shape index (κ1) is 17.0. The van der Waals surface area contributed by atoms with E-state index < -0.39 is 0 Å². The standard InChI is InChI=1S/C19H25N5O2/c1-22(2)15-6-3-14(4-7-15)5-8-19(25)23-10-9-17-18(12-23)26-13-16-11-20-21-24(16)17/h3-4,6-7,11,17-18H,5,8-10,12-13H2,1-2H3/t17-,18-/m0/s1. The van der Waals surface area contributed by atoms with Crippen LogP contribution in [0.4, 0.5) is 5.69 Å². The van der Waals surface area contributed by atoms with Crippen LogP contribution in [0.5, 0.6) is 0 Å². The Hall–Kier alpha value is -2.41. The van der Waals surface area contributed by atoms with Gasteiger partial charge >= 0.3 is 0 Å². The van der Waals surface area contributed by atoms with Crippen LogP contribution in [0.2, 0.25) is 0 Å². The number of aromatic nitrogens is 3. The molecule has 0 aliphatic carbocycles. The fourth-order valence-corrected chi connectivity index (χ4v) is 3.78. The van der Waals surface area contributed by atoms with Gasteiger partial charge in [0.1, 0.15) is 0 Å². The van der Waals surface area contributed by atoms with Gasteiger partial charge in [-0.05, 0) is 30.5 Å². The maximum absolute atomic E-state index is 12.6. The number of hydrogen-bond acceptors (Lipinski definition) is 5. The predicted molar refractivity (Wildman–Crippen MR) is 97.9 cm³/mol. The summed E-state index contributed by atoms with van der Waals surface area (Å²) >= 11 is 0. The van der Waals surface area contributed by atoms with E-state index in [1.165, 1.54) is 11.3 Å². The van der Waals surface area contributed by atoms with E-state index in [2.05, 4.69) is 39.5 Å². The van der Waals surface area contributed by atoms with E-state index in [1.807, 2.05) is 23.7 Å². The van der Waals surface area contributed by atoms with Crippen molar-refractivity contribution < 1.29 is 9.53 Å². The zero-order valence-electron chi connectivity index (χ0n) is 15.3. The van der Waals surface area contributed by atoms with Crippen molar-refractivity contribution in [2.24, 2.45) is 0 Å². The van der Waals surface area contributed by atoms with Gasteiger partial charge in [0.05, 0.1) is 30.6 Å². The lowest BCUT2D eigenvalue weighted by Gasteiger charge is -2.41. The summed E-state index contributed by atoms with van der Waals surface area (Å²) in [6.45, 7) is 1.92. The minimum atomic E-state index is 0.0151. The number of hydrogen-bond donors (Lipinski definition) is 0. The molecule has 1 saturated heterocycles. The van der Waals surface area contributed by atoms with Crippen LogP contribution in [0.1, 0.15) is 30.1 Å². The number of aryl methyl sites for hydroxylation is 1. The SMILES string of the molecule is CN(C)c1ccc(CCC(=O)N2CC[C@H]3[C@H](C2)OCc2cnnn23)cc1. The smallest absolute Gasteiger partial charge is 0.222 e. The molecule has 0 radical (unpaired) electrons. The van der Waals surface area contributed by atoms with Crippen molar-refractivity contribution in [3.8, 4) is 0 Å². The number of benzene rings is 1. The summed E-state index contributed by atoms with van der Waals surface area (Å²) in [5.74, 6) is 0.202. The second-order valence-corrected chi connectivity index (χ2v) is 7.28. The van der Waals surface area contributed by atoms with Crippen LogP contribution in [-0.2, 0) is 22.6 Å². The number of amides is 1. The van der Waals surface area contributed by atoms with Crippen LogP contribution in [0.15, 0.2) is 30.5 Å². The van der Waals surface area contributed by atoms with E-state index in [9.17, 15) is 4.79 Å². The molecule has 26 heavy (non-hydrogen) atoms. The van der Waals surface area contributed by atoms with E-state index in [-0.39, 0.29) is 18.1 Å². The Morgan fingerprint density at radius 1 is 1.31 bits per heavy atom. The highest BCUT2D eigenvalue weighted by Crippen LogP contribution is 2.30. The van der Waals surface area contributed by atoms with Gasteiger partial charge < -0.3 is 14.5 Å². The Balaban J connectivity index is 1.32. The number of likely N-dealkylation sites (tertiary alicyclic amines) is 1. The van der Waals surface area contributed by atoms with Crippen LogP contribution >= 0.6 is 0 Å². The van der Waals surface area contributed by atoms with Crippen LogP contribution < -0.4 is 4.90 Å². The van der Waals surface area contributed by atoms with Gasteiger partial charge in [0, 0.05) is 39.3 Å². The van der Waals surface area contributed by atoms with Crippen LogP contribution in [-0.4, -0.2) is 59.1 Å². The van der Waals surface area contributed by atoms with Crippen molar-refractivity contribution in [2.45, 2.75) is 38.0 Å². The fourth-order valence-electron chi connectivity index (χ4n) is 3.78. The summed E-state index contributed by atoms with van der Waals surface area (Å²) in [5, 5.41) is 8.16. The van der Waals surface area contributed by atoms with E-state index in [1.54, 1.807) is 6.20 Å². The molecule has 7 nitrogen and oxygen atoms in total. The van der Waals surface area contributed by atoms with E-state index in [4.69, 9.17) is 4.74 Å². The highest BCUT2D eigenvalue weighted by Gasteiger charge is 2.37. The molecule has 1 fully saturated rings. The third-order valence-electron chi connectivity index (χ3n) is 5.37. The lowest BCUT2D eigenvalue weighted by atomic mass is 9.99. The first-order chi connectivity index (χ1) is 12.6. The fraction of sp³-hybridized carbons (Fsp3) is 0.526. The molecule has 0 unspecified atom stereocenters. The maximum atomic E-state index is 12.6. The summed E-state index contributed by atoms with van der Waals surface area (Å²) in [5.41, 5.74) is 3.39. The molecule has 2 atom stereocenters. The zero-order chi connectivity index (χ0) is 18.1. The molecule has 0 spiro atoms. The number of carbonyl (C=O) groups is 1. The maximum Gasteiger partial charge on any atom is 0.222 e. The predicted octanol–water partition coefficient (Wildman–Crippen LogP) is 1.65. The zero-order valence-corrected chi connectivity index (χ0v) is 15.3. The lowest BCUT2D eigenvalue weighted by Crippen LogP contribution is -2.50. The normalized spacial score (nSPS) is 21.8. The number of anilines is 1. The average Bonchev–Trinajstić information content (AvgIpc) is 3.15. The number of fused-ring (bicyclic) bond motifs is 3. The monoisotopic (exact) mass is 355 g/mol. The largest absolute Gasteiger partial charge is 0.378 e. The van der Waals surface area contributed by atoms with Gasteiger partial charge in [0.15, 0.2) is 0 Å². The molecule has 2 aliphatic heterocycles. The van der Waals surface area contributed by atoms with E-state index in [0.29, 0.717) is 19.6 Å². The minimum absolute atomic E-state index is 0.0151. The van der Waals surface area contributed by atoms with Gasteiger partial charge in [-0.25, -0.2) is 4.68 Å². The Labute approximate surface area is 153 Å². The third kappa shape index (κ3) is 3.31. The molecule has 0 bridgehead atoms. The number of rotatable bonds is 4. The molecule has 4 rings (SSSR count). The van der Waals surface area contributed by atoms with Crippen molar-refractivity contribution in [3.63, 3.8) is 0 Å². The number of nitrogens with zero attached hydrogens (tertiary/aromatic N) is 5. The molecule has 0 saturated carbocycles. The van der Waals surface area contributed by atoms with Gasteiger partial charge in [-0.15, -0.1) is 5.10 Å². The topological polar surface area (TPSA) is 63.5 Å². The second kappa shape index (κ2) is 7.07. The average molecular weight is 355 g/mol. The van der Waals surface area contributed by atoms with E-state index in [0.717, 1.165) is 25.1 Å². The van der Waals surface area contributed by atoms with Gasteiger partial charge in [0.25, 0.3) is 0 Å². The first-order valence-electron chi connectivity index (χ1n) is 9.16. The minimum Gasteiger partial charge on any atom is -0.378 e. The van der Waals surface area contributed by atoms with E-state index >= 15 is 0 Å². The Morgan fingerprint density at radius 3 is 2.88 bits per heavy atom. The molecular weight excluding hydrogens is 330 g/mol. The Bertz CT molecular complexity index is 770. The Morgan fingerprint density at radius 2 is 2.12 bits per heavy atom. The highest BCUT2D eigenvalue weighted by atomic mass is 16.5. The van der Waals surface area contributed by atoms with Gasteiger partial charge in [-0.3, -0.25) is 4.79 Å². The molecule has 7 heteroatoms. The molecule has 1 amide bonds. The van der Waals surface area contributed by atoms with Crippen molar-refractivity contribution in [1.82, 2.24) is 19.9 Å². The first-order valence-corrected chi connectivity index (χ1v) is 9.16. The molecule has 2 aromatic rings. The summed E-state index contributed by atoms with van der Waals surface area (Å²) < 4.78 is 7.92. The molecule has 1 aromatic heterocycles. The molecule has 3 heterocycles. The molecule has 2 aliphatic rings. The molecule has 1 aromatic carbocycles. The number of carbonyl (C=O) groups excluding carboxylic acids is 1. The lowest BCUT2D eigenvalue weighted by molar-refractivity contribution is -0.139. The van der Waals surface area contributed by atoms with Gasteiger partial charge in [-0.1, -0.05) is 17.3 Å². The second-order valence-electron chi connectivity index (χ2n) is 7.28. The quantitative estimate of drug-likeness (QED) is 0.834. The molecule has 0 N–H and O–H groups in total. The van der Waals surface area contributed by atoms with Crippen LogP contribution in [0.25, 0.3) is 0 Å². The summed E-state index contributed by atoms with van der Waals surface area (Å²) in [6.07, 6.45) is 3.94. The summed E-state index contributed by atoms with van der Waals surface area (Å²) in [4.78, 5) is 16.7. The van der Waals surface area contributed by atoms with Crippen molar-refractivity contribution >= 4 is 11.6 Å². The van der Waals surface area contributed by atoms with Gasteiger partial charge in [-0.2, -0.15) is 0 Å². The summed E-state index contributed by atoms with van der Waals surface area (Å²) in [6, 6.07) is 8.59. The molecule has 138 valence electrons. The summed E-state index contributed by atoms with van der Waals surface area (Å²) in [7, 11) is 4.05. The van der Waals surface area contributed by atoms with Crippen LogP contribution in [0, 0.1) is 0 Å². The number of ether oxygens (including phenoxy) is 1. The highest BCUT2D eigenvalue weighted by molar-refractivity contribution is 5.76. The third-order valence-corrected chi connectivity index (χ3v) is 5.37.